The summed E-state index contributed by atoms with van der Waals surface area (Å²) < 4.78 is 0.965. The molecule has 0 fully saturated rings. The van der Waals surface area contributed by atoms with Crippen LogP contribution in [-0.2, 0) is 6.42 Å². The average molecular weight is 322 g/mol. The third-order valence-corrected chi connectivity index (χ3v) is 3.48. The van der Waals surface area contributed by atoms with E-state index < -0.39 is 0 Å². The molecule has 90 valence electrons. The molecule has 4 heteroatoms. The molecule has 0 aromatic heterocycles. The Labute approximate surface area is 119 Å². The highest BCUT2D eigenvalue weighted by atomic mass is 79.9. The molecule has 18 heavy (non-hydrogen) atoms. The molecule has 0 aliphatic rings. The lowest BCUT2D eigenvalue weighted by atomic mass is 10.1. The molecule has 0 amide bonds. The summed E-state index contributed by atoms with van der Waals surface area (Å²) in [7, 11) is 0. The van der Waals surface area contributed by atoms with E-state index >= 15 is 0 Å². The molecular weight excluding hydrogens is 312 g/mol. The fraction of sp³-hybridized carbons (Fsp3) is 0.0714. The Kier molecular flexibility index (Phi) is 4.24. The number of nitrogens with one attached hydrogen (secondary N) is 1. The van der Waals surface area contributed by atoms with E-state index in [-0.39, 0.29) is 0 Å². The quantitative estimate of drug-likeness (QED) is 0.871. The van der Waals surface area contributed by atoms with Crippen LogP contribution in [0.2, 0.25) is 5.02 Å². The van der Waals surface area contributed by atoms with Gasteiger partial charge in [-0.3, -0.25) is 0 Å². The van der Waals surface area contributed by atoms with Crippen LogP contribution in [0.15, 0.2) is 46.9 Å². The summed E-state index contributed by atoms with van der Waals surface area (Å²) >= 11 is 9.61. The molecule has 1 N–H and O–H groups in total. The number of para-hydroxylation sites is 1. The summed E-state index contributed by atoms with van der Waals surface area (Å²) in [4.78, 5) is 0. The average Bonchev–Trinajstić information content (AvgIpc) is 2.36. The summed E-state index contributed by atoms with van der Waals surface area (Å²) in [6.07, 6.45) is 0.377. The van der Waals surface area contributed by atoms with Gasteiger partial charge in [0, 0.05) is 4.47 Å². The second-order valence-corrected chi connectivity index (χ2v) is 5.02. The maximum atomic E-state index is 8.70. The molecule has 0 atom stereocenters. The lowest BCUT2D eigenvalue weighted by molar-refractivity contribution is 1.26. The SMILES string of the molecule is N#CCc1ccc(Cl)c(Nc2ccccc2Br)c1. The van der Waals surface area contributed by atoms with Crippen molar-refractivity contribution >= 4 is 38.9 Å². The number of hydrogen-bond donors (Lipinski definition) is 1. The van der Waals surface area contributed by atoms with Crippen molar-refractivity contribution in [2.45, 2.75) is 6.42 Å². The number of hydrogen-bond acceptors (Lipinski definition) is 2. The number of benzene rings is 2. The number of anilines is 2. The molecule has 0 radical (unpaired) electrons. The van der Waals surface area contributed by atoms with Crippen LogP contribution in [0.4, 0.5) is 11.4 Å². The van der Waals surface area contributed by atoms with E-state index in [4.69, 9.17) is 16.9 Å². The van der Waals surface area contributed by atoms with Crippen LogP contribution in [-0.4, -0.2) is 0 Å². The predicted octanol–water partition coefficient (Wildman–Crippen LogP) is 4.91. The van der Waals surface area contributed by atoms with Gasteiger partial charge < -0.3 is 5.32 Å². The smallest absolute Gasteiger partial charge is 0.0669 e. The second-order valence-electron chi connectivity index (χ2n) is 3.75. The topological polar surface area (TPSA) is 35.8 Å². The van der Waals surface area contributed by atoms with E-state index in [1.165, 1.54) is 0 Å². The Morgan fingerprint density at radius 2 is 1.94 bits per heavy atom. The maximum absolute atomic E-state index is 8.70. The largest absolute Gasteiger partial charge is 0.353 e. The normalized spacial score (nSPS) is 9.83. The molecule has 0 unspecified atom stereocenters. The molecule has 0 saturated carbocycles. The summed E-state index contributed by atoms with van der Waals surface area (Å²) in [6, 6.07) is 15.5. The van der Waals surface area contributed by atoms with Gasteiger partial charge in [-0.15, -0.1) is 0 Å². The minimum atomic E-state index is 0.377. The Balaban J connectivity index is 2.31. The van der Waals surface area contributed by atoms with E-state index in [0.29, 0.717) is 11.4 Å². The van der Waals surface area contributed by atoms with E-state index in [2.05, 4.69) is 27.3 Å². The van der Waals surface area contributed by atoms with E-state index in [0.717, 1.165) is 21.4 Å². The van der Waals surface area contributed by atoms with Crippen LogP contribution in [0.1, 0.15) is 5.56 Å². The zero-order valence-electron chi connectivity index (χ0n) is 9.45. The molecule has 2 rings (SSSR count). The monoisotopic (exact) mass is 320 g/mol. The number of nitrogens with zero attached hydrogens (tertiary/aromatic N) is 1. The first kappa shape index (κ1) is 12.9. The zero-order valence-corrected chi connectivity index (χ0v) is 11.8. The van der Waals surface area contributed by atoms with E-state index in [1.54, 1.807) is 6.07 Å². The van der Waals surface area contributed by atoms with Gasteiger partial charge in [-0.1, -0.05) is 29.8 Å². The minimum absolute atomic E-state index is 0.377. The van der Waals surface area contributed by atoms with E-state index in [1.807, 2.05) is 36.4 Å². The van der Waals surface area contributed by atoms with Gasteiger partial charge in [0.1, 0.15) is 0 Å². The molecule has 0 aliphatic heterocycles. The van der Waals surface area contributed by atoms with Crippen LogP contribution in [0.5, 0.6) is 0 Å². The highest BCUT2D eigenvalue weighted by Gasteiger charge is 2.04. The maximum Gasteiger partial charge on any atom is 0.0669 e. The Morgan fingerprint density at radius 1 is 1.17 bits per heavy atom. The third-order valence-electron chi connectivity index (χ3n) is 2.46. The van der Waals surface area contributed by atoms with Crippen molar-refractivity contribution in [1.29, 1.82) is 5.26 Å². The van der Waals surface area contributed by atoms with Gasteiger partial charge in [-0.05, 0) is 45.8 Å². The molecule has 0 bridgehead atoms. The predicted molar refractivity (Wildman–Crippen MR) is 78.2 cm³/mol. The summed E-state index contributed by atoms with van der Waals surface area (Å²) in [5.74, 6) is 0. The van der Waals surface area contributed by atoms with Gasteiger partial charge >= 0.3 is 0 Å². The molecule has 0 spiro atoms. The van der Waals surface area contributed by atoms with Crippen molar-refractivity contribution in [2.75, 3.05) is 5.32 Å². The Bertz CT molecular complexity index is 605. The zero-order chi connectivity index (χ0) is 13.0. The molecule has 0 saturated heterocycles. The first-order chi connectivity index (χ1) is 8.70. The van der Waals surface area contributed by atoms with Gasteiger partial charge in [0.05, 0.1) is 28.9 Å². The van der Waals surface area contributed by atoms with Gasteiger partial charge in [0.2, 0.25) is 0 Å². The van der Waals surface area contributed by atoms with Crippen LogP contribution in [0.3, 0.4) is 0 Å². The Hall–Kier alpha value is -1.50. The summed E-state index contributed by atoms with van der Waals surface area (Å²) in [5.41, 5.74) is 2.68. The minimum Gasteiger partial charge on any atom is -0.353 e. The van der Waals surface area contributed by atoms with Gasteiger partial charge in [0.25, 0.3) is 0 Å². The van der Waals surface area contributed by atoms with Crippen molar-refractivity contribution < 1.29 is 0 Å². The van der Waals surface area contributed by atoms with Gasteiger partial charge in [0.15, 0.2) is 0 Å². The lowest BCUT2D eigenvalue weighted by Gasteiger charge is -2.11. The summed E-state index contributed by atoms with van der Waals surface area (Å²) in [6.45, 7) is 0. The van der Waals surface area contributed by atoms with Crippen LogP contribution < -0.4 is 5.32 Å². The highest BCUT2D eigenvalue weighted by molar-refractivity contribution is 9.10. The van der Waals surface area contributed by atoms with Crippen molar-refractivity contribution in [3.8, 4) is 6.07 Å². The van der Waals surface area contributed by atoms with Gasteiger partial charge in [-0.25, -0.2) is 0 Å². The first-order valence-electron chi connectivity index (χ1n) is 5.37. The second kappa shape index (κ2) is 5.90. The van der Waals surface area contributed by atoms with Crippen molar-refractivity contribution in [1.82, 2.24) is 0 Å². The Morgan fingerprint density at radius 3 is 2.67 bits per heavy atom. The number of nitriles is 1. The standard InChI is InChI=1S/C14H10BrClN2/c15-11-3-1-2-4-13(11)18-14-9-10(7-8-17)5-6-12(14)16/h1-6,9,18H,7H2. The molecule has 2 aromatic carbocycles. The lowest BCUT2D eigenvalue weighted by Crippen LogP contribution is -1.93. The third kappa shape index (κ3) is 3.04. The molecule has 0 heterocycles. The highest BCUT2D eigenvalue weighted by Crippen LogP contribution is 2.30. The van der Waals surface area contributed by atoms with Crippen LogP contribution >= 0.6 is 27.5 Å². The van der Waals surface area contributed by atoms with E-state index in [9.17, 15) is 0 Å². The molecule has 2 nitrogen and oxygen atoms in total. The number of halogens is 2. The van der Waals surface area contributed by atoms with Crippen molar-refractivity contribution in [2.24, 2.45) is 0 Å². The molecule has 0 aliphatic carbocycles. The fourth-order valence-corrected chi connectivity index (χ4v) is 2.13. The molecular formula is C14H10BrClN2. The number of rotatable bonds is 3. The van der Waals surface area contributed by atoms with Crippen LogP contribution in [0.25, 0.3) is 0 Å². The van der Waals surface area contributed by atoms with Crippen LogP contribution in [0, 0.1) is 11.3 Å². The van der Waals surface area contributed by atoms with Crippen molar-refractivity contribution in [3.63, 3.8) is 0 Å². The fourth-order valence-electron chi connectivity index (χ4n) is 1.58. The van der Waals surface area contributed by atoms with Gasteiger partial charge in [-0.2, -0.15) is 5.26 Å². The van der Waals surface area contributed by atoms with Crippen molar-refractivity contribution in [3.05, 3.63) is 57.5 Å². The molecule has 2 aromatic rings. The first-order valence-corrected chi connectivity index (χ1v) is 6.55. The summed E-state index contributed by atoms with van der Waals surface area (Å²) in [5, 5.41) is 12.6.